The Labute approximate surface area is 124 Å². The fraction of sp³-hybridized carbons (Fsp3) is 0.533. The van der Waals surface area contributed by atoms with Crippen LogP contribution in [0, 0.1) is 5.92 Å². The Hall–Kier alpha value is -2.11. The van der Waals surface area contributed by atoms with Gasteiger partial charge in [0.1, 0.15) is 5.52 Å². The van der Waals surface area contributed by atoms with Crippen LogP contribution >= 0.6 is 0 Å². The number of carboxylic acids is 1. The van der Waals surface area contributed by atoms with Crippen molar-refractivity contribution in [3.63, 3.8) is 0 Å². The van der Waals surface area contributed by atoms with Crippen molar-refractivity contribution < 1.29 is 9.90 Å². The monoisotopic (exact) mass is 290 g/mol. The van der Waals surface area contributed by atoms with Gasteiger partial charge in [-0.15, -0.1) is 0 Å². The molecule has 114 valence electrons. The fourth-order valence-electron chi connectivity index (χ4n) is 2.15. The summed E-state index contributed by atoms with van der Waals surface area (Å²) in [6.45, 7) is 8.17. The summed E-state index contributed by atoms with van der Waals surface area (Å²) < 4.78 is 1.78. The van der Waals surface area contributed by atoms with Crippen molar-refractivity contribution in [2.45, 2.75) is 46.1 Å². The number of carbonyl (C=O) groups is 1. The van der Waals surface area contributed by atoms with Crippen LogP contribution in [0.25, 0.3) is 5.52 Å². The smallest absolute Gasteiger partial charge is 0.305 e. The van der Waals surface area contributed by atoms with Crippen LogP contribution in [0.5, 0.6) is 0 Å². The van der Waals surface area contributed by atoms with Crippen LogP contribution in [0.1, 0.15) is 45.7 Å². The summed E-state index contributed by atoms with van der Waals surface area (Å²) in [5, 5.41) is 16.8. The molecule has 0 aromatic carbocycles. The quantitative estimate of drug-likeness (QED) is 0.855. The molecule has 0 fully saturated rings. The molecule has 0 saturated carbocycles. The van der Waals surface area contributed by atoms with Crippen molar-refractivity contribution in [1.82, 2.24) is 14.6 Å². The maximum atomic E-state index is 11.0. The van der Waals surface area contributed by atoms with Crippen molar-refractivity contribution in [1.29, 1.82) is 0 Å². The number of hydrogen-bond donors (Lipinski definition) is 2. The highest BCUT2D eigenvalue weighted by Gasteiger charge is 2.19. The van der Waals surface area contributed by atoms with E-state index in [2.05, 4.69) is 29.2 Å². The summed E-state index contributed by atoms with van der Waals surface area (Å²) in [6.07, 6.45) is 3.53. The summed E-state index contributed by atoms with van der Waals surface area (Å²) in [4.78, 5) is 15.3. The molecular formula is C15H22N4O2. The van der Waals surface area contributed by atoms with Crippen molar-refractivity contribution in [2.75, 3.05) is 5.32 Å². The summed E-state index contributed by atoms with van der Waals surface area (Å²) in [5.74, 6) is 0.384. The number of rotatable bonds is 6. The molecule has 0 aliphatic heterocycles. The predicted molar refractivity (Wildman–Crippen MR) is 81.6 cm³/mol. The number of aromatic nitrogens is 3. The number of aliphatic carboxylic acids is 1. The Morgan fingerprint density at radius 2 is 2.10 bits per heavy atom. The molecule has 1 unspecified atom stereocenters. The third-order valence-electron chi connectivity index (χ3n) is 3.52. The predicted octanol–water partition coefficient (Wildman–Crippen LogP) is 2.76. The number of nitrogens with zero attached hydrogens (tertiary/aromatic N) is 3. The lowest BCUT2D eigenvalue weighted by Gasteiger charge is -2.21. The van der Waals surface area contributed by atoms with E-state index >= 15 is 0 Å². The first-order valence-electron chi connectivity index (χ1n) is 7.21. The van der Waals surface area contributed by atoms with E-state index < -0.39 is 5.97 Å². The molecule has 0 aliphatic carbocycles. The normalized spacial score (nSPS) is 13.0. The Kier molecular flexibility index (Phi) is 4.45. The minimum absolute atomic E-state index is 0.0611. The van der Waals surface area contributed by atoms with Crippen LogP contribution in [0.2, 0.25) is 0 Å². The van der Waals surface area contributed by atoms with Gasteiger partial charge in [-0.3, -0.25) is 4.79 Å². The molecule has 1 atom stereocenters. The second-order valence-corrected chi connectivity index (χ2v) is 5.92. The van der Waals surface area contributed by atoms with Crippen LogP contribution in [0.15, 0.2) is 18.5 Å². The summed E-state index contributed by atoms with van der Waals surface area (Å²) >= 11 is 0. The molecule has 2 aromatic heterocycles. The lowest BCUT2D eigenvalue weighted by molar-refractivity contribution is -0.137. The maximum Gasteiger partial charge on any atom is 0.305 e. The molecule has 0 radical (unpaired) electrons. The van der Waals surface area contributed by atoms with Crippen molar-refractivity contribution in [2.24, 2.45) is 5.92 Å². The zero-order valence-electron chi connectivity index (χ0n) is 12.9. The number of carboxylic acid groups (broad SMARTS) is 1. The van der Waals surface area contributed by atoms with Crippen molar-refractivity contribution in [3.8, 4) is 0 Å². The van der Waals surface area contributed by atoms with E-state index in [9.17, 15) is 4.79 Å². The van der Waals surface area contributed by atoms with E-state index in [-0.39, 0.29) is 18.4 Å². The van der Waals surface area contributed by atoms with E-state index in [1.54, 1.807) is 16.9 Å². The fourth-order valence-corrected chi connectivity index (χ4v) is 2.15. The average Bonchev–Trinajstić information content (AvgIpc) is 2.82. The standard InChI is InChI=1S/C15H22N4O2/c1-9(2)11(8-14(20)21)17-15-13-7-12(10(3)4)18-19(13)6-5-16-15/h5-7,9-11H,8H2,1-4H3,(H,16,17)(H,20,21). The van der Waals surface area contributed by atoms with Gasteiger partial charge in [-0.2, -0.15) is 5.10 Å². The van der Waals surface area contributed by atoms with Gasteiger partial charge < -0.3 is 10.4 Å². The van der Waals surface area contributed by atoms with Crippen LogP contribution in [0.4, 0.5) is 5.82 Å². The zero-order valence-corrected chi connectivity index (χ0v) is 12.9. The number of hydrogen-bond acceptors (Lipinski definition) is 4. The number of fused-ring (bicyclic) bond motifs is 1. The molecule has 2 N–H and O–H groups in total. The van der Waals surface area contributed by atoms with Gasteiger partial charge in [0.2, 0.25) is 0 Å². The highest BCUT2D eigenvalue weighted by Crippen LogP contribution is 2.22. The van der Waals surface area contributed by atoms with E-state index in [0.29, 0.717) is 11.7 Å². The van der Waals surface area contributed by atoms with Gasteiger partial charge in [0, 0.05) is 18.4 Å². The summed E-state index contributed by atoms with van der Waals surface area (Å²) in [5.41, 5.74) is 1.86. The van der Waals surface area contributed by atoms with Gasteiger partial charge in [0.15, 0.2) is 5.82 Å². The minimum Gasteiger partial charge on any atom is -0.481 e. The molecule has 0 bridgehead atoms. The van der Waals surface area contributed by atoms with Gasteiger partial charge in [-0.1, -0.05) is 27.7 Å². The van der Waals surface area contributed by atoms with Crippen LogP contribution < -0.4 is 5.32 Å². The average molecular weight is 290 g/mol. The van der Waals surface area contributed by atoms with Gasteiger partial charge in [-0.25, -0.2) is 9.50 Å². The Bertz CT molecular complexity index is 634. The van der Waals surface area contributed by atoms with Crippen LogP contribution in [-0.2, 0) is 4.79 Å². The molecule has 2 heterocycles. The van der Waals surface area contributed by atoms with E-state index in [1.165, 1.54) is 0 Å². The molecule has 0 aliphatic rings. The number of anilines is 1. The van der Waals surface area contributed by atoms with E-state index in [0.717, 1.165) is 11.2 Å². The second-order valence-electron chi connectivity index (χ2n) is 5.92. The molecule has 2 rings (SSSR count). The first kappa shape index (κ1) is 15.3. The van der Waals surface area contributed by atoms with E-state index in [1.807, 2.05) is 19.9 Å². The topological polar surface area (TPSA) is 79.5 Å². The Morgan fingerprint density at radius 3 is 2.67 bits per heavy atom. The lowest BCUT2D eigenvalue weighted by atomic mass is 10.0. The molecule has 6 heteroatoms. The van der Waals surface area contributed by atoms with Crippen LogP contribution in [-0.4, -0.2) is 31.7 Å². The molecular weight excluding hydrogens is 268 g/mol. The molecule has 2 aromatic rings. The molecule has 0 spiro atoms. The maximum absolute atomic E-state index is 11.0. The van der Waals surface area contributed by atoms with Gasteiger partial charge in [-0.05, 0) is 17.9 Å². The molecule has 21 heavy (non-hydrogen) atoms. The largest absolute Gasteiger partial charge is 0.481 e. The van der Waals surface area contributed by atoms with Gasteiger partial charge in [0.05, 0.1) is 12.1 Å². The van der Waals surface area contributed by atoms with Gasteiger partial charge in [0.25, 0.3) is 0 Å². The minimum atomic E-state index is -0.815. The highest BCUT2D eigenvalue weighted by molar-refractivity contribution is 5.71. The SMILES string of the molecule is CC(C)c1cc2c(NC(CC(=O)O)C(C)C)nccn2n1. The second kappa shape index (κ2) is 6.11. The summed E-state index contributed by atoms with van der Waals surface area (Å²) in [6, 6.07) is 1.83. The zero-order chi connectivity index (χ0) is 15.6. The first-order valence-corrected chi connectivity index (χ1v) is 7.21. The van der Waals surface area contributed by atoms with Crippen LogP contribution in [0.3, 0.4) is 0 Å². The van der Waals surface area contributed by atoms with Crippen molar-refractivity contribution in [3.05, 3.63) is 24.2 Å². The third kappa shape index (κ3) is 3.51. The third-order valence-corrected chi connectivity index (χ3v) is 3.52. The Morgan fingerprint density at radius 1 is 1.38 bits per heavy atom. The van der Waals surface area contributed by atoms with Crippen molar-refractivity contribution >= 4 is 17.3 Å². The highest BCUT2D eigenvalue weighted by atomic mass is 16.4. The number of nitrogens with one attached hydrogen (secondary N) is 1. The summed E-state index contributed by atoms with van der Waals surface area (Å²) in [7, 11) is 0. The lowest BCUT2D eigenvalue weighted by Crippen LogP contribution is -2.29. The Balaban J connectivity index is 2.34. The molecule has 6 nitrogen and oxygen atoms in total. The first-order chi connectivity index (χ1) is 9.88. The molecule has 0 amide bonds. The van der Waals surface area contributed by atoms with Gasteiger partial charge >= 0.3 is 5.97 Å². The molecule has 0 saturated heterocycles. The van der Waals surface area contributed by atoms with E-state index in [4.69, 9.17) is 5.11 Å².